The lowest BCUT2D eigenvalue weighted by Crippen LogP contribution is -2.39. The first kappa shape index (κ1) is 25.4. The molecule has 0 aliphatic heterocycles. The van der Waals surface area contributed by atoms with Crippen LogP contribution in [0, 0.1) is 5.41 Å². The molecular formula is C31H38F3NO2. The molecule has 4 aliphatic carbocycles. The fourth-order valence-corrected chi connectivity index (χ4v) is 7.86. The SMILES string of the molecule is O[C@H](c1ccc(C(F)(F)F)cc1)c1c(C2CCCC2)nc2c(c1C1CCCCC1)[C@@H](O)CC1(CCC1)C2. The van der Waals surface area contributed by atoms with Crippen LogP contribution in [0.2, 0.25) is 0 Å². The first-order valence-corrected chi connectivity index (χ1v) is 14.4. The maximum Gasteiger partial charge on any atom is 0.416 e. The van der Waals surface area contributed by atoms with Crippen molar-refractivity contribution >= 4 is 0 Å². The number of hydrogen-bond acceptors (Lipinski definition) is 3. The van der Waals surface area contributed by atoms with E-state index in [1.165, 1.54) is 25.0 Å². The average Bonchev–Trinajstić information content (AvgIpc) is 3.41. The van der Waals surface area contributed by atoms with Crippen LogP contribution >= 0.6 is 0 Å². The van der Waals surface area contributed by atoms with Gasteiger partial charge in [0.2, 0.25) is 0 Å². The van der Waals surface area contributed by atoms with Gasteiger partial charge in [0.1, 0.15) is 6.10 Å². The molecule has 4 aliphatic rings. The summed E-state index contributed by atoms with van der Waals surface area (Å²) in [6.45, 7) is 0. The van der Waals surface area contributed by atoms with Gasteiger partial charge in [-0.2, -0.15) is 13.2 Å². The summed E-state index contributed by atoms with van der Waals surface area (Å²) in [5.41, 5.74) is 4.71. The maximum atomic E-state index is 13.2. The summed E-state index contributed by atoms with van der Waals surface area (Å²) in [6, 6.07) is 4.95. The molecule has 2 aromatic rings. The Bertz CT molecular complexity index is 1130. The van der Waals surface area contributed by atoms with Gasteiger partial charge in [0.15, 0.2) is 0 Å². The molecule has 1 heterocycles. The fourth-order valence-electron chi connectivity index (χ4n) is 7.86. The first-order chi connectivity index (χ1) is 17.8. The van der Waals surface area contributed by atoms with E-state index in [-0.39, 0.29) is 17.3 Å². The summed E-state index contributed by atoms with van der Waals surface area (Å²) >= 11 is 0. The minimum atomic E-state index is -4.42. The first-order valence-electron chi connectivity index (χ1n) is 14.4. The number of benzene rings is 1. The number of hydrogen-bond donors (Lipinski definition) is 2. The van der Waals surface area contributed by atoms with Crippen molar-refractivity contribution in [1.82, 2.24) is 4.98 Å². The highest BCUT2D eigenvalue weighted by molar-refractivity contribution is 5.51. The molecule has 0 saturated heterocycles. The van der Waals surface area contributed by atoms with E-state index in [4.69, 9.17) is 4.98 Å². The molecule has 2 N–H and O–H groups in total. The van der Waals surface area contributed by atoms with Crippen LogP contribution < -0.4 is 0 Å². The van der Waals surface area contributed by atoms with Crippen molar-refractivity contribution in [2.75, 3.05) is 0 Å². The van der Waals surface area contributed by atoms with Crippen molar-refractivity contribution < 1.29 is 23.4 Å². The van der Waals surface area contributed by atoms with Crippen LogP contribution in [0.3, 0.4) is 0 Å². The molecule has 3 nitrogen and oxygen atoms in total. The Kier molecular flexibility index (Phi) is 6.63. The van der Waals surface area contributed by atoms with E-state index >= 15 is 0 Å². The van der Waals surface area contributed by atoms with Crippen LogP contribution in [0.5, 0.6) is 0 Å². The third-order valence-electron chi connectivity index (χ3n) is 9.92. The third kappa shape index (κ3) is 4.63. The monoisotopic (exact) mass is 513 g/mol. The van der Waals surface area contributed by atoms with Gasteiger partial charge in [-0.05, 0) is 86.0 Å². The van der Waals surface area contributed by atoms with Gasteiger partial charge in [-0.1, -0.05) is 50.7 Å². The molecule has 3 fully saturated rings. The molecule has 0 radical (unpaired) electrons. The smallest absolute Gasteiger partial charge is 0.388 e. The second kappa shape index (κ2) is 9.68. The number of nitrogens with zero attached hydrogens (tertiary/aromatic N) is 1. The average molecular weight is 514 g/mol. The molecule has 0 unspecified atom stereocenters. The van der Waals surface area contributed by atoms with Crippen molar-refractivity contribution in [2.24, 2.45) is 5.41 Å². The van der Waals surface area contributed by atoms with E-state index < -0.39 is 23.9 Å². The second-order valence-electron chi connectivity index (χ2n) is 12.3. The summed E-state index contributed by atoms with van der Waals surface area (Å²) in [7, 11) is 0. The summed E-state index contributed by atoms with van der Waals surface area (Å²) in [5, 5.41) is 23.5. The fraction of sp³-hybridized carbons (Fsp3) is 0.645. The van der Waals surface area contributed by atoms with Crippen LogP contribution in [0.15, 0.2) is 24.3 Å². The molecule has 1 spiro atoms. The van der Waals surface area contributed by atoms with Gasteiger partial charge in [0.05, 0.1) is 17.4 Å². The second-order valence-corrected chi connectivity index (χ2v) is 12.3. The minimum absolute atomic E-state index is 0.157. The Morgan fingerprint density at radius 1 is 0.838 bits per heavy atom. The van der Waals surface area contributed by atoms with E-state index in [0.29, 0.717) is 5.56 Å². The largest absolute Gasteiger partial charge is 0.416 e. The highest BCUT2D eigenvalue weighted by Gasteiger charge is 2.46. The van der Waals surface area contributed by atoms with E-state index in [9.17, 15) is 23.4 Å². The highest BCUT2D eigenvalue weighted by Crippen LogP contribution is 2.56. The zero-order valence-electron chi connectivity index (χ0n) is 21.5. The van der Waals surface area contributed by atoms with Crippen LogP contribution in [0.4, 0.5) is 13.2 Å². The molecule has 37 heavy (non-hydrogen) atoms. The van der Waals surface area contributed by atoms with Gasteiger partial charge in [-0.15, -0.1) is 0 Å². The van der Waals surface area contributed by atoms with Gasteiger partial charge >= 0.3 is 6.18 Å². The van der Waals surface area contributed by atoms with E-state index in [2.05, 4.69) is 0 Å². The normalized spacial score (nSPS) is 25.2. The van der Waals surface area contributed by atoms with Crippen molar-refractivity contribution in [2.45, 2.75) is 120 Å². The van der Waals surface area contributed by atoms with E-state index in [1.54, 1.807) is 0 Å². The number of aromatic nitrogens is 1. The molecule has 3 saturated carbocycles. The maximum absolute atomic E-state index is 13.2. The zero-order chi connectivity index (χ0) is 25.8. The van der Waals surface area contributed by atoms with Crippen molar-refractivity contribution in [1.29, 1.82) is 0 Å². The summed E-state index contributed by atoms with van der Waals surface area (Å²) < 4.78 is 39.7. The number of rotatable bonds is 4. The van der Waals surface area contributed by atoms with Crippen molar-refractivity contribution in [3.63, 3.8) is 0 Å². The quantitative estimate of drug-likeness (QED) is 0.435. The predicted octanol–water partition coefficient (Wildman–Crippen LogP) is 8.04. The lowest BCUT2D eigenvalue weighted by atomic mass is 9.58. The Hall–Kier alpha value is -1.92. The van der Waals surface area contributed by atoms with Crippen molar-refractivity contribution in [3.8, 4) is 0 Å². The number of halogens is 3. The minimum Gasteiger partial charge on any atom is -0.388 e. The summed E-state index contributed by atoms with van der Waals surface area (Å²) in [5.74, 6) is 0.498. The van der Waals surface area contributed by atoms with Gasteiger partial charge in [-0.25, -0.2) is 0 Å². The summed E-state index contributed by atoms with van der Waals surface area (Å²) in [6.07, 6.45) is 8.85. The molecule has 200 valence electrons. The molecule has 1 aromatic heterocycles. The Labute approximate surface area is 217 Å². The van der Waals surface area contributed by atoms with E-state index in [0.717, 1.165) is 117 Å². The lowest BCUT2D eigenvalue weighted by molar-refractivity contribution is -0.137. The molecule has 6 rings (SSSR count). The van der Waals surface area contributed by atoms with Crippen LogP contribution in [-0.2, 0) is 12.6 Å². The number of aliphatic hydroxyl groups is 2. The Morgan fingerprint density at radius 2 is 1.46 bits per heavy atom. The van der Waals surface area contributed by atoms with Crippen LogP contribution in [-0.4, -0.2) is 15.2 Å². The van der Waals surface area contributed by atoms with Crippen LogP contribution in [0.25, 0.3) is 0 Å². The number of pyridine rings is 1. The van der Waals surface area contributed by atoms with Gasteiger partial charge in [0, 0.05) is 22.7 Å². The number of aliphatic hydroxyl groups excluding tert-OH is 2. The molecule has 0 bridgehead atoms. The predicted molar refractivity (Wildman–Crippen MR) is 136 cm³/mol. The van der Waals surface area contributed by atoms with Gasteiger partial charge in [0.25, 0.3) is 0 Å². The number of alkyl halides is 3. The molecule has 2 atom stereocenters. The standard InChI is InChI=1S/C31H38F3NO2/c32-31(33,34)22-13-11-21(12-14-22)29(37)27-25(19-7-2-1-3-8-19)26-23(35-28(27)20-9-4-5-10-20)17-30(15-6-16-30)18-24(26)36/h11-14,19-20,24,29,36-37H,1-10,15-18H2/t24-,29+/m0/s1. The molecule has 1 aromatic carbocycles. The third-order valence-corrected chi connectivity index (χ3v) is 9.92. The molecule has 0 amide bonds. The van der Waals surface area contributed by atoms with Crippen LogP contribution in [0.1, 0.15) is 147 Å². The number of fused-ring (bicyclic) bond motifs is 1. The van der Waals surface area contributed by atoms with Gasteiger partial charge < -0.3 is 10.2 Å². The molecular weight excluding hydrogens is 475 g/mol. The zero-order valence-corrected chi connectivity index (χ0v) is 21.5. The Balaban J connectivity index is 1.53. The Morgan fingerprint density at radius 3 is 2.05 bits per heavy atom. The van der Waals surface area contributed by atoms with E-state index in [1.807, 2.05) is 0 Å². The lowest BCUT2D eigenvalue weighted by Gasteiger charge is -2.48. The topological polar surface area (TPSA) is 53.4 Å². The summed E-state index contributed by atoms with van der Waals surface area (Å²) in [4.78, 5) is 5.28. The molecule has 6 heteroatoms. The van der Waals surface area contributed by atoms with Crippen molar-refractivity contribution in [3.05, 3.63) is 63.5 Å². The highest BCUT2D eigenvalue weighted by atomic mass is 19.4. The van der Waals surface area contributed by atoms with Gasteiger partial charge in [-0.3, -0.25) is 4.98 Å².